The predicted molar refractivity (Wildman–Crippen MR) is 94.8 cm³/mol. The lowest BCUT2D eigenvalue weighted by molar-refractivity contribution is -0.142. The first-order chi connectivity index (χ1) is 12.2. The van der Waals surface area contributed by atoms with E-state index in [0.29, 0.717) is 25.6 Å². The number of nitrogens with one attached hydrogen (secondary N) is 2. The summed E-state index contributed by atoms with van der Waals surface area (Å²) in [5.41, 5.74) is 0.819. The zero-order valence-electron chi connectivity index (χ0n) is 15.2. The van der Waals surface area contributed by atoms with E-state index in [-0.39, 0.29) is 17.8 Å². The van der Waals surface area contributed by atoms with Crippen LogP contribution >= 0.6 is 0 Å². The topological polar surface area (TPSA) is 39.7 Å². The normalized spacial score (nSPS) is 16.7. The van der Waals surface area contributed by atoms with Crippen LogP contribution in [0.5, 0.6) is 0 Å². The second-order valence-corrected chi connectivity index (χ2v) is 6.77. The van der Waals surface area contributed by atoms with Gasteiger partial charge < -0.3 is 10.6 Å². The van der Waals surface area contributed by atoms with Crippen LogP contribution in [-0.2, 0) is 5.41 Å². The lowest BCUT2D eigenvalue weighted by atomic mass is 9.96. The summed E-state index contributed by atoms with van der Waals surface area (Å²) in [4.78, 5) is 5.77. The SMILES string of the molecule is CCNC(=NCC1(c2cccc(F)c2)CC1)NCCN(C)CC(F)(F)F. The first kappa shape index (κ1) is 20.5. The van der Waals surface area contributed by atoms with E-state index in [2.05, 4.69) is 15.6 Å². The standard InChI is InChI=1S/C18H26F4N4/c1-3-23-16(24-9-10-26(2)13-18(20,21)22)25-12-17(7-8-17)14-5-4-6-15(19)11-14/h4-6,11H,3,7-10,12-13H2,1-2H3,(H2,23,24,25). The Hall–Kier alpha value is -1.83. The highest BCUT2D eigenvalue weighted by Crippen LogP contribution is 2.48. The molecule has 1 aliphatic carbocycles. The zero-order chi connectivity index (χ0) is 19.2. The molecule has 146 valence electrons. The maximum atomic E-state index is 13.5. The number of alkyl halides is 3. The molecule has 0 spiro atoms. The first-order valence-corrected chi connectivity index (χ1v) is 8.78. The lowest BCUT2D eigenvalue weighted by Crippen LogP contribution is -2.42. The highest BCUT2D eigenvalue weighted by atomic mass is 19.4. The minimum atomic E-state index is -4.20. The largest absolute Gasteiger partial charge is 0.401 e. The summed E-state index contributed by atoms with van der Waals surface area (Å²) in [6.45, 7) is 2.75. The molecule has 1 aromatic carbocycles. The van der Waals surface area contributed by atoms with E-state index >= 15 is 0 Å². The molecule has 0 heterocycles. The molecule has 2 N–H and O–H groups in total. The predicted octanol–water partition coefficient (Wildman–Crippen LogP) is 2.91. The third-order valence-electron chi connectivity index (χ3n) is 4.41. The maximum absolute atomic E-state index is 13.5. The minimum Gasteiger partial charge on any atom is -0.357 e. The highest BCUT2D eigenvalue weighted by Gasteiger charge is 2.44. The Labute approximate surface area is 151 Å². The van der Waals surface area contributed by atoms with Crippen molar-refractivity contribution in [3.63, 3.8) is 0 Å². The molecule has 0 aromatic heterocycles. The molecule has 0 radical (unpaired) electrons. The second kappa shape index (κ2) is 8.70. The summed E-state index contributed by atoms with van der Waals surface area (Å²) < 4.78 is 50.5. The van der Waals surface area contributed by atoms with Crippen LogP contribution in [0.1, 0.15) is 25.3 Å². The van der Waals surface area contributed by atoms with Gasteiger partial charge in [0.2, 0.25) is 0 Å². The molecule has 26 heavy (non-hydrogen) atoms. The number of aliphatic imine (C=N–C) groups is 1. The molecule has 2 rings (SSSR count). The Morgan fingerprint density at radius 2 is 2.00 bits per heavy atom. The van der Waals surface area contributed by atoms with Gasteiger partial charge in [-0.3, -0.25) is 9.89 Å². The molecule has 0 unspecified atom stereocenters. The van der Waals surface area contributed by atoms with E-state index in [1.807, 2.05) is 13.0 Å². The van der Waals surface area contributed by atoms with Crippen LogP contribution in [0.3, 0.4) is 0 Å². The number of nitrogens with zero attached hydrogens (tertiary/aromatic N) is 2. The van der Waals surface area contributed by atoms with Crippen LogP contribution < -0.4 is 10.6 Å². The molecular formula is C18H26F4N4. The second-order valence-electron chi connectivity index (χ2n) is 6.77. The fourth-order valence-corrected chi connectivity index (χ4v) is 2.83. The molecule has 0 amide bonds. The van der Waals surface area contributed by atoms with Crippen molar-refractivity contribution in [2.75, 3.05) is 39.8 Å². The average Bonchev–Trinajstić information content (AvgIpc) is 3.32. The minimum absolute atomic E-state index is 0.127. The van der Waals surface area contributed by atoms with Gasteiger partial charge in [-0.15, -0.1) is 0 Å². The summed E-state index contributed by atoms with van der Waals surface area (Å²) >= 11 is 0. The fourth-order valence-electron chi connectivity index (χ4n) is 2.83. The molecule has 0 aliphatic heterocycles. The Balaban J connectivity index is 1.88. The fraction of sp³-hybridized carbons (Fsp3) is 0.611. The van der Waals surface area contributed by atoms with E-state index in [1.165, 1.54) is 18.0 Å². The quantitative estimate of drug-likeness (QED) is 0.418. The molecule has 0 bridgehead atoms. The Bertz CT molecular complexity index is 611. The third-order valence-corrected chi connectivity index (χ3v) is 4.41. The first-order valence-electron chi connectivity index (χ1n) is 8.78. The maximum Gasteiger partial charge on any atom is 0.401 e. The smallest absolute Gasteiger partial charge is 0.357 e. The van der Waals surface area contributed by atoms with Crippen molar-refractivity contribution in [2.45, 2.75) is 31.4 Å². The van der Waals surface area contributed by atoms with Gasteiger partial charge in [0.15, 0.2) is 5.96 Å². The lowest BCUT2D eigenvalue weighted by Gasteiger charge is -2.20. The molecule has 0 saturated heterocycles. The molecule has 1 saturated carbocycles. The summed E-state index contributed by atoms with van der Waals surface area (Å²) in [6, 6.07) is 6.59. The van der Waals surface area contributed by atoms with Gasteiger partial charge in [-0.1, -0.05) is 12.1 Å². The molecule has 1 aromatic rings. The molecule has 8 heteroatoms. The average molecular weight is 374 g/mol. The van der Waals surface area contributed by atoms with Crippen LogP contribution in [0.4, 0.5) is 17.6 Å². The van der Waals surface area contributed by atoms with Gasteiger partial charge in [0.25, 0.3) is 0 Å². The van der Waals surface area contributed by atoms with Crippen LogP contribution in [0.15, 0.2) is 29.3 Å². The molecule has 1 fully saturated rings. The third kappa shape index (κ3) is 6.48. The number of likely N-dealkylation sites (N-methyl/N-ethyl adjacent to an activating group) is 1. The van der Waals surface area contributed by atoms with Crippen LogP contribution in [0.2, 0.25) is 0 Å². The van der Waals surface area contributed by atoms with Crippen molar-refractivity contribution in [3.05, 3.63) is 35.6 Å². The van der Waals surface area contributed by atoms with Crippen molar-refractivity contribution in [1.29, 1.82) is 0 Å². The van der Waals surface area contributed by atoms with Crippen molar-refractivity contribution >= 4 is 5.96 Å². The van der Waals surface area contributed by atoms with E-state index in [0.717, 1.165) is 18.4 Å². The van der Waals surface area contributed by atoms with Gasteiger partial charge in [0, 0.05) is 25.0 Å². The monoisotopic (exact) mass is 374 g/mol. The van der Waals surface area contributed by atoms with Crippen LogP contribution in [-0.4, -0.2) is 56.8 Å². The molecule has 1 aliphatic rings. The molecule has 0 atom stereocenters. The number of benzene rings is 1. The molecular weight excluding hydrogens is 348 g/mol. The van der Waals surface area contributed by atoms with Gasteiger partial charge in [0.1, 0.15) is 5.82 Å². The van der Waals surface area contributed by atoms with E-state index in [4.69, 9.17) is 0 Å². The Kier molecular flexibility index (Phi) is 6.86. The van der Waals surface area contributed by atoms with E-state index in [9.17, 15) is 17.6 Å². The Morgan fingerprint density at radius 3 is 2.58 bits per heavy atom. The summed E-state index contributed by atoms with van der Waals surface area (Å²) in [6.07, 6.45) is -2.29. The van der Waals surface area contributed by atoms with E-state index in [1.54, 1.807) is 12.1 Å². The van der Waals surface area contributed by atoms with Gasteiger partial charge in [-0.25, -0.2) is 4.39 Å². The van der Waals surface area contributed by atoms with Gasteiger partial charge in [0.05, 0.1) is 13.1 Å². The van der Waals surface area contributed by atoms with Crippen LogP contribution in [0, 0.1) is 5.82 Å². The highest BCUT2D eigenvalue weighted by molar-refractivity contribution is 5.79. The number of halogens is 4. The Morgan fingerprint density at radius 1 is 1.27 bits per heavy atom. The van der Waals surface area contributed by atoms with Crippen molar-refractivity contribution in [1.82, 2.24) is 15.5 Å². The summed E-state index contributed by atoms with van der Waals surface area (Å²) in [5.74, 6) is 0.311. The number of hydrogen-bond acceptors (Lipinski definition) is 2. The van der Waals surface area contributed by atoms with E-state index < -0.39 is 12.7 Å². The molecule has 4 nitrogen and oxygen atoms in total. The summed E-state index contributed by atoms with van der Waals surface area (Å²) in [7, 11) is 1.43. The number of guanidine groups is 1. The van der Waals surface area contributed by atoms with Crippen molar-refractivity contribution < 1.29 is 17.6 Å². The van der Waals surface area contributed by atoms with Gasteiger partial charge >= 0.3 is 6.18 Å². The number of hydrogen-bond donors (Lipinski definition) is 2. The summed E-state index contributed by atoms with van der Waals surface area (Å²) in [5, 5.41) is 6.15. The van der Waals surface area contributed by atoms with Crippen LogP contribution in [0.25, 0.3) is 0 Å². The van der Waals surface area contributed by atoms with Gasteiger partial charge in [-0.05, 0) is 44.5 Å². The zero-order valence-corrected chi connectivity index (χ0v) is 15.2. The van der Waals surface area contributed by atoms with Crippen molar-refractivity contribution in [2.24, 2.45) is 4.99 Å². The van der Waals surface area contributed by atoms with Gasteiger partial charge in [-0.2, -0.15) is 13.2 Å². The number of rotatable bonds is 8. The van der Waals surface area contributed by atoms with Crippen molar-refractivity contribution in [3.8, 4) is 0 Å².